The van der Waals surface area contributed by atoms with Crippen LogP contribution in [0.15, 0.2) is 36.7 Å². The van der Waals surface area contributed by atoms with Crippen LogP contribution < -0.4 is 5.32 Å². The van der Waals surface area contributed by atoms with Crippen molar-refractivity contribution in [3.8, 4) is 0 Å². The molecule has 1 fully saturated rings. The Bertz CT molecular complexity index is 712. The van der Waals surface area contributed by atoms with Crippen LogP contribution in [0.4, 0.5) is 10.8 Å². The summed E-state index contributed by atoms with van der Waals surface area (Å²) in [5.74, 6) is 0. The Balaban J connectivity index is 1.47. The zero-order chi connectivity index (χ0) is 14.1. The van der Waals surface area contributed by atoms with E-state index in [1.165, 1.54) is 4.70 Å². The summed E-state index contributed by atoms with van der Waals surface area (Å²) in [5, 5.41) is 8.60. The van der Waals surface area contributed by atoms with E-state index in [4.69, 9.17) is 4.74 Å². The average Bonchev–Trinajstić information content (AvgIpc) is 3.20. The molecule has 1 saturated heterocycles. The van der Waals surface area contributed by atoms with Crippen molar-refractivity contribution in [3.63, 3.8) is 0 Å². The minimum absolute atomic E-state index is 0.306. The number of anilines is 2. The van der Waals surface area contributed by atoms with Gasteiger partial charge in [0, 0.05) is 12.8 Å². The van der Waals surface area contributed by atoms with Crippen molar-refractivity contribution < 1.29 is 4.74 Å². The number of para-hydroxylation sites is 1. The summed E-state index contributed by atoms with van der Waals surface area (Å²) < 4.78 is 8.76. The molecule has 1 aliphatic heterocycles. The van der Waals surface area contributed by atoms with Crippen LogP contribution in [0.25, 0.3) is 10.2 Å². The second kappa shape index (κ2) is 5.46. The zero-order valence-electron chi connectivity index (χ0n) is 11.5. The first-order valence-corrected chi connectivity index (χ1v) is 7.95. The molecule has 1 N–H and O–H groups in total. The molecule has 21 heavy (non-hydrogen) atoms. The number of fused-ring (bicyclic) bond motifs is 1. The van der Waals surface area contributed by atoms with E-state index in [9.17, 15) is 0 Å². The number of nitrogens with zero attached hydrogens (tertiary/aromatic N) is 3. The Morgan fingerprint density at radius 2 is 2.33 bits per heavy atom. The number of thiazole rings is 1. The molecular formula is C15H16N4OS. The van der Waals surface area contributed by atoms with E-state index < -0.39 is 0 Å². The lowest BCUT2D eigenvalue weighted by molar-refractivity contribution is 0.0940. The molecule has 1 aliphatic rings. The van der Waals surface area contributed by atoms with Gasteiger partial charge in [0.1, 0.15) is 0 Å². The number of rotatable bonds is 4. The average molecular weight is 300 g/mol. The molecule has 3 aromatic rings. The van der Waals surface area contributed by atoms with Crippen LogP contribution in [-0.2, 0) is 11.3 Å². The third-order valence-corrected chi connectivity index (χ3v) is 4.54. The molecule has 0 spiro atoms. The Labute approximate surface area is 126 Å². The lowest BCUT2D eigenvalue weighted by Crippen LogP contribution is -2.15. The summed E-state index contributed by atoms with van der Waals surface area (Å²) in [6, 6.07) is 8.15. The standard InChI is InChI=1S/C15H16N4OS/c1-2-6-14-13(5-1)18-15(21-14)17-11-8-16-19(9-11)10-12-4-3-7-20-12/h1-2,5-6,8-9,12H,3-4,7,10H2,(H,17,18). The van der Waals surface area contributed by atoms with E-state index in [0.717, 1.165) is 42.3 Å². The zero-order valence-corrected chi connectivity index (χ0v) is 12.3. The molecule has 1 unspecified atom stereocenters. The van der Waals surface area contributed by atoms with E-state index >= 15 is 0 Å². The molecule has 3 heterocycles. The molecule has 4 rings (SSSR count). The fraction of sp³-hybridized carbons (Fsp3) is 0.333. The lowest BCUT2D eigenvalue weighted by Gasteiger charge is -2.08. The highest BCUT2D eigenvalue weighted by Crippen LogP contribution is 2.27. The Morgan fingerprint density at radius 3 is 3.19 bits per heavy atom. The summed E-state index contributed by atoms with van der Waals surface area (Å²) >= 11 is 1.65. The molecule has 1 atom stereocenters. The molecule has 0 aliphatic carbocycles. The monoisotopic (exact) mass is 300 g/mol. The quantitative estimate of drug-likeness (QED) is 0.802. The van der Waals surface area contributed by atoms with Gasteiger partial charge in [-0.2, -0.15) is 5.10 Å². The van der Waals surface area contributed by atoms with Crippen molar-refractivity contribution in [2.45, 2.75) is 25.5 Å². The van der Waals surface area contributed by atoms with Crippen molar-refractivity contribution >= 4 is 32.4 Å². The maximum absolute atomic E-state index is 5.63. The van der Waals surface area contributed by atoms with Gasteiger partial charge >= 0.3 is 0 Å². The molecule has 1 aromatic carbocycles. The van der Waals surface area contributed by atoms with Crippen molar-refractivity contribution in [2.24, 2.45) is 0 Å². The SMILES string of the molecule is c1ccc2sc(Nc3cnn(CC4CCCO4)c3)nc2c1. The molecule has 2 aromatic heterocycles. The molecule has 108 valence electrons. The minimum atomic E-state index is 0.306. The summed E-state index contributed by atoms with van der Waals surface area (Å²) in [7, 11) is 0. The third kappa shape index (κ3) is 2.77. The molecule has 0 saturated carbocycles. The highest BCUT2D eigenvalue weighted by atomic mass is 32.1. The normalized spacial score (nSPS) is 18.4. The summed E-state index contributed by atoms with van der Waals surface area (Å²) in [6.07, 6.45) is 6.43. The second-order valence-electron chi connectivity index (χ2n) is 5.20. The van der Waals surface area contributed by atoms with Crippen LogP contribution in [0.2, 0.25) is 0 Å². The summed E-state index contributed by atoms with van der Waals surface area (Å²) in [6.45, 7) is 1.70. The Hall–Kier alpha value is -1.92. The van der Waals surface area contributed by atoms with E-state index in [0.29, 0.717) is 6.10 Å². The number of nitrogens with one attached hydrogen (secondary N) is 1. The van der Waals surface area contributed by atoms with E-state index in [2.05, 4.69) is 21.5 Å². The second-order valence-corrected chi connectivity index (χ2v) is 6.23. The highest BCUT2D eigenvalue weighted by Gasteiger charge is 2.16. The summed E-state index contributed by atoms with van der Waals surface area (Å²) in [4.78, 5) is 4.57. The van der Waals surface area contributed by atoms with Gasteiger partial charge in [0.15, 0.2) is 5.13 Å². The smallest absolute Gasteiger partial charge is 0.188 e. The van der Waals surface area contributed by atoms with Gasteiger partial charge in [-0.05, 0) is 25.0 Å². The van der Waals surface area contributed by atoms with Crippen molar-refractivity contribution in [1.82, 2.24) is 14.8 Å². The van der Waals surface area contributed by atoms with Crippen LogP contribution in [0.3, 0.4) is 0 Å². The lowest BCUT2D eigenvalue weighted by atomic mass is 10.2. The number of aromatic nitrogens is 3. The van der Waals surface area contributed by atoms with Crippen LogP contribution >= 0.6 is 11.3 Å². The number of benzene rings is 1. The van der Waals surface area contributed by atoms with Crippen LogP contribution in [-0.4, -0.2) is 27.5 Å². The predicted octanol–water partition coefficient (Wildman–Crippen LogP) is 3.42. The van der Waals surface area contributed by atoms with Crippen LogP contribution in [0.5, 0.6) is 0 Å². The topological polar surface area (TPSA) is 52.0 Å². The van der Waals surface area contributed by atoms with Crippen molar-refractivity contribution in [1.29, 1.82) is 0 Å². The van der Waals surface area contributed by atoms with Gasteiger partial charge in [-0.3, -0.25) is 4.68 Å². The molecular weight excluding hydrogens is 284 g/mol. The molecule has 6 heteroatoms. The Kier molecular flexibility index (Phi) is 3.33. The van der Waals surface area contributed by atoms with E-state index in [1.807, 2.05) is 35.3 Å². The molecule has 5 nitrogen and oxygen atoms in total. The van der Waals surface area contributed by atoms with Gasteiger partial charge in [0.25, 0.3) is 0 Å². The fourth-order valence-corrected chi connectivity index (χ4v) is 3.46. The molecule has 0 amide bonds. The molecule has 0 bridgehead atoms. The van der Waals surface area contributed by atoms with Gasteiger partial charge < -0.3 is 10.1 Å². The van der Waals surface area contributed by atoms with Gasteiger partial charge in [0.05, 0.1) is 34.7 Å². The predicted molar refractivity (Wildman–Crippen MR) is 84.1 cm³/mol. The highest BCUT2D eigenvalue weighted by molar-refractivity contribution is 7.22. The van der Waals surface area contributed by atoms with Gasteiger partial charge in [0.2, 0.25) is 0 Å². The summed E-state index contributed by atoms with van der Waals surface area (Å²) in [5.41, 5.74) is 1.99. The van der Waals surface area contributed by atoms with E-state index in [-0.39, 0.29) is 0 Å². The largest absolute Gasteiger partial charge is 0.376 e. The first kappa shape index (κ1) is 12.8. The first-order valence-electron chi connectivity index (χ1n) is 7.13. The maximum atomic E-state index is 5.63. The van der Waals surface area contributed by atoms with Crippen molar-refractivity contribution in [2.75, 3.05) is 11.9 Å². The van der Waals surface area contributed by atoms with Crippen molar-refractivity contribution in [3.05, 3.63) is 36.7 Å². The van der Waals surface area contributed by atoms with E-state index in [1.54, 1.807) is 11.3 Å². The van der Waals surface area contributed by atoms with Crippen LogP contribution in [0, 0.1) is 0 Å². The number of hydrogen-bond acceptors (Lipinski definition) is 5. The third-order valence-electron chi connectivity index (χ3n) is 3.59. The Morgan fingerprint density at radius 1 is 1.38 bits per heavy atom. The molecule has 0 radical (unpaired) electrons. The number of ether oxygens (including phenoxy) is 1. The maximum Gasteiger partial charge on any atom is 0.188 e. The van der Waals surface area contributed by atoms with Gasteiger partial charge in [-0.1, -0.05) is 23.5 Å². The number of hydrogen-bond donors (Lipinski definition) is 1. The van der Waals surface area contributed by atoms with Crippen LogP contribution in [0.1, 0.15) is 12.8 Å². The minimum Gasteiger partial charge on any atom is -0.376 e. The van der Waals surface area contributed by atoms with Gasteiger partial charge in [-0.15, -0.1) is 0 Å². The first-order chi connectivity index (χ1) is 10.4. The fourth-order valence-electron chi connectivity index (χ4n) is 2.57. The van der Waals surface area contributed by atoms with Gasteiger partial charge in [-0.25, -0.2) is 4.98 Å².